The lowest BCUT2D eigenvalue weighted by atomic mass is 9.97. The Labute approximate surface area is 124 Å². The first kappa shape index (κ1) is 13.4. The van der Waals surface area contributed by atoms with E-state index in [1.54, 1.807) is 11.1 Å². The number of rotatable bonds is 1. The maximum absolute atomic E-state index is 12.5. The number of piperidine rings is 1. The molecule has 1 amide bonds. The van der Waals surface area contributed by atoms with Crippen molar-refractivity contribution in [2.75, 3.05) is 11.4 Å². The van der Waals surface area contributed by atoms with Gasteiger partial charge < -0.3 is 0 Å². The number of amides is 1. The number of nitrogens with zero attached hydrogens (tertiary/aromatic N) is 2. The van der Waals surface area contributed by atoms with Crippen LogP contribution in [0.15, 0.2) is 54.7 Å². The third-order valence-electron chi connectivity index (χ3n) is 3.53. The lowest BCUT2D eigenvalue weighted by Gasteiger charge is -2.29. The molecule has 1 aromatic carbocycles. The second-order valence-corrected chi connectivity index (χ2v) is 5.01. The second-order valence-electron chi connectivity index (χ2n) is 5.01. The van der Waals surface area contributed by atoms with Gasteiger partial charge in [-0.2, -0.15) is 0 Å². The fraction of sp³-hybridized carbons (Fsp3) is 0.222. The summed E-state index contributed by atoms with van der Waals surface area (Å²) in [5.41, 5.74) is 0.945. The average molecular weight is 276 g/mol. The van der Waals surface area contributed by atoms with Gasteiger partial charge >= 0.3 is 0 Å². The van der Waals surface area contributed by atoms with E-state index in [2.05, 4.69) is 16.8 Å². The van der Waals surface area contributed by atoms with Gasteiger partial charge in [-0.05, 0) is 37.1 Å². The van der Waals surface area contributed by atoms with Crippen molar-refractivity contribution in [1.82, 2.24) is 4.98 Å². The van der Waals surface area contributed by atoms with Gasteiger partial charge in [-0.1, -0.05) is 36.1 Å². The number of benzene rings is 1. The first-order valence-corrected chi connectivity index (χ1v) is 7.13. The molecule has 0 bridgehead atoms. The van der Waals surface area contributed by atoms with Crippen molar-refractivity contribution in [1.29, 1.82) is 0 Å². The minimum Gasteiger partial charge on any atom is -0.296 e. The number of hydrogen-bond acceptors (Lipinski definition) is 2. The molecule has 1 aliphatic heterocycles. The van der Waals surface area contributed by atoms with E-state index >= 15 is 0 Å². The molecule has 2 aromatic rings. The van der Waals surface area contributed by atoms with E-state index in [0.717, 1.165) is 24.9 Å². The van der Waals surface area contributed by atoms with Crippen LogP contribution in [0.3, 0.4) is 0 Å². The summed E-state index contributed by atoms with van der Waals surface area (Å²) in [5, 5.41) is 0. The van der Waals surface area contributed by atoms with E-state index in [1.165, 1.54) is 0 Å². The molecule has 21 heavy (non-hydrogen) atoms. The van der Waals surface area contributed by atoms with Gasteiger partial charge in [0.05, 0.1) is 0 Å². The molecule has 3 heteroatoms. The zero-order valence-electron chi connectivity index (χ0n) is 11.7. The Bertz CT molecular complexity index is 671. The zero-order chi connectivity index (χ0) is 14.5. The van der Waals surface area contributed by atoms with Crippen LogP contribution in [0.2, 0.25) is 0 Å². The quantitative estimate of drug-likeness (QED) is 0.750. The van der Waals surface area contributed by atoms with Crippen molar-refractivity contribution >= 4 is 11.7 Å². The largest absolute Gasteiger partial charge is 0.296 e. The number of anilines is 1. The molecule has 1 aromatic heterocycles. The van der Waals surface area contributed by atoms with Crippen molar-refractivity contribution in [3.63, 3.8) is 0 Å². The smallest absolute Gasteiger partial charge is 0.243 e. The fourth-order valence-electron chi connectivity index (χ4n) is 2.44. The maximum Gasteiger partial charge on any atom is 0.243 e. The number of hydrogen-bond donors (Lipinski definition) is 0. The van der Waals surface area contributed by atoms with E-state index in [-0.39, 0.29) is 11.8 Å². The highest BCUT2D eigenvalue weighted by atomic mass is 16.2. The van der Waals surface area contributed by atoms with E-state index in [9.17, 15) is 4.79 Å². The maximum atomic E-state index is 12.5. The van der Waals surface area contributed by atoms with Gasteiger partial charge in [0.25, 0.3) is 0 Å². The van der Waals surface area contributed by atoms with Gasteiger partial charge in [-0.15, -0.1) is 0 Å². The van der Waals surface area contributed by atoms with E-state index in [4.69, 9.17) is 0 Å². The second kappa shape index (κ2) is 6.23. The highest BCUT2D eigenvalue weighted by molar-refractivity contribution is 5.96. The summed E-state index contributed by atoms with van der Waals surface area (Å²) in [5.74, 6) is 6.76. The Hall–Kier alpha value is -2.60. The predicted molar refractivity (Wildman–Crippen MR) is 82.6 cm³/mol. The normalized spacial score (nSPS) is 18.0. The van der Waals surface area contributed by atoms with Gasteiger partial charge in [-0.3, -0.25) is 9.69 Å². The molecule has 0 spiro atoms. The fourth-order valence-corrected chi connectivity index (χ4v) is 2.44. The molecule has 0 saturated carbocycles. The molecule has 1 aliphatic rings. The van der Waals surface area contributed by atoms with Gasteiger partial charge in [0.15, 0.2) is 0 Å². The van der Waals surface area contributed by atoms with E-state index in [1.807, 2.05) is 48.5 Å². The van der Waals surface area contributed by atoms with E-state index < -0.39 is 0 Å². The van der Waals surface area contributed by atoms with Gasteiger partial charge in [0.1, 0.15) is 11.7 Å². The SMILES string of the molecule is O=C1C(C#Cc2ccccc2)CCCN1c1ccccn1. The van der Waals surface area contributed by atoms with Crippen LogP contribution in [0.25, 0.3) is 0 Å². The van der Waals surface area contributed by atoms with Gasteiger partial charge in [-0.25, -0.2) is 4.98 Å². The van der Waals surface area contributed by atoms with Crippen molar-refractivity contribution < 1.29 is 4.79 Å². The molecule has 2 heterocycles. The van der Waals surface area contributed by atoms with Crippen LogP contribution in [0.5, 0.6) is 0 Å². The highest BCUT2D eigenvalue weighted by Gasteiger charge is 2.28. The summed E-state index contributed by atoms with van der Waals surface area (Å²) in [6, 6.07) is 15.4. The summed E-state index contributed by atoms with van der Waals surface area (Å²) in [4.78, 5) is 18.5. The Morgan fingerprint density at radius 2 is 1.90 bits per heavy atom. The van der Waals surface area contributed by atoms with Crippen LogP contribution in [0, 0.1) is 17.8 Å². The van der Waals surface area contributed by atoms with Crippen LogP contribution >= 0.6 is 0 Å². The monoisotopic (exact) mass is 276 g/mol. The average Bonchev–Trinajstić information content (AvgIpc) is 2.56. The molecule has 3 rings (SSSR count). The molecule has 1 unspecified atom stereocenters. The van der Waals surface area contributed by atoms with Crippen molar-refractivity contribution in [2.24, 2.45) is 5.92 Å². The molecule has 1 saturated heterocycles. The summed E-state index contributed by atoms with van der Waals surface area (Å²) in [6.45, 7) is 0.722. The summed E-state index contributed by atoms with van der Waals surface area (Å²) in [6.07, 6.45) is 3.49. The number of carbonyl (C=O) groups excluding carboxylic acids is 1. The molecule has 0 aliphatic carbocycles. The lowest BCUT2D eigenvalue weighted by molar-refractivity contribution is -0.122. The number of carbonyl (C=O) groups is 1. The molecular formula is C18H16N2O. The minimum atomic E-state index is -0.235. The third kappa shape index (κ3) is 3.11. The van der Waals surface area contributed by atoms with Crippen molar-refractivity contribution in [2.45, 2.75) is 12.8 Å². The Morgan fingerprint density at radius 3 is 2.67 bits per heavy atom. The first-order valence-electron chi connectivity index (χ1n) is 7.13. The number of pyridine rings is 1. The lowest BCUT2D eigenvalue weighted by Crippen LogP contribution is -2.41. The molecule has 104 valence electrons. The summed E-state index contributed by atoms with van der Waals surface area (Å²) < 4.78 is 0. The van der Waals surface area contributed by atoms with Crippen molar-refractivity contribution in [3.05, 3.63) is 60.3 Å². The van der Waals surface area contributed by atoms with E-state index in [0.29, 0.717) is 5.82 Å². The molecule has 1 fully saturated rings. The predicted octanol–water partition coefficient (Wildman–Crippen LogP) is 2.88. The van der Waals surface area contributed by atoms with Gasteiger partial charge in [0.2, 0.25) is 5.91 Å². The van der Waals surface area contributed by atoms with Crippen LogP contribution in [0.1, 0.15) is 18.4 Å². The Kier molecular flexibility index (Phi) is 3.97. The number of aromatic nitrogens is 1. The molecule has 0 N–H and O–H groups in total. The highest BCUT2D eigenvalue weighted by Crippen LogP contribution is 2.22. The summed E-state index contributed by atoms with van der Waals surface area (Å²) in [7, 11) is 0. The van der Waals surface area contributed by atoms with Crippen molar-refractivity contribution in [3.8, 4) is 11.8 Å². The molecule has 0 radical (unpaired) electrons. The first-order chi connectivity index (χ1) is 10.3. The van der Waals surface area contributed by atoms with Crippen LogP contribution in [0.4, 0.5) is 5.82 Å². The summed E-state index contributed by atoms with van der Waals surface area (Å²) >= 11 is 0. The zero-order valence-corrected chi connectivity index (χ0v) is 11.7. The van der Waals surface area contributed by atoms with Crippen LogP contribution in [-0.2, 0) is 4.79 Å². The minimum absolute atomic E-state index is 0.0587. The topological polar surface area (TPSA) is 33.2 Å². The Balaban J connectivity index is 1.79. The standard InChI is InChI=1S/C18H16N2O/c21-18-16(12-11-15-7-2-1-3-8-15)9-6-14-20(18)17-10-4-5-13-19-17/h1-5,7-8,10,13,16H,6,9,14H2. The molecule has 1 atom stereocenters. The Morgan fingerprint density at radius 1 is 1.10 bits per heavy atom. The molecular weight excluding hydrogens is 260 g/mol. The molecule has 3 nitrogen and oxygen atoms in total. The van der Waals surface area contributed by atoms with Gasteiger partial charge in [0, 0.05) is 18.3 Å². The third-order valence-corrected chi connectivity index (χ3v) is 3.53. The van der Waals surface area contributed by atoms with Crippen LogP contribution < -0.4 is 4.90 Å². The van der Waals surface area contributed by atoms with Crippen LogP contribution in [-0.4, -0.2) is 17.4 Å².